The Bertz CT molecular complexity index is 892. The molecule has 1 unspecified atom stereocenters. The highest BCUT2D eigenvalue weighted by Gasteiger charge is 2.21. The van der Waals surface area contributed by atoms with Crippen molar-refractivity contribution < 1.29 is 23.4 Å². The number of β-amino-alcohol motifs (C(OH)–C–C–N with tert-alkyl or cyclic N) is 1. The van der Waals surface area contributed by atoms with E-state index in [-0.39, 0.29) is 22.6 Å². The first-order valence-electron chi connectivity index (χ1n) is 9.04. The minimum Gasteiger partial charge on any atom is -0.508 e. The highest BCUT2D eigenvalue weighted by atomic mass is 32.2. The molecule has 6 nitrogen and oxygen atoms in total. The number of aliphatic hydroxyl groups is 1. The van der Waals surface area contributed by atoms with E-state index in [1.807, 2.05) is 24.3 Å². The Labute approximate surface area is 167 Å². The highest BCUT2D eigenvalue weighted by Crippen LogP contribution is 2.25. The standard InChI is InChI=1S/C21H29NO5S/c1-21(2,12-15-5-8-18(27-3)9-6-15)22-13-20(24)16-7-10-19(23)17(11-16)14-28(4,25)26/h5-11,20,22-24H,12-14H2,1-4H3. The summed E-state index contributed by atoms with van der Waals surface area (Å²) in [6.45, 7) is 4.40. The van der Waals surface area contributed by atoms with Gasteiger partial charge in [-0.2, -0.15) is 0 Å². The molecule has 3 N–H and O–H groups in total. The smallest absolute Gasteiger partial charge is 0.151 e. The summed E-state index contributed by atoms with van der Waals surface area (Å²) in [6.07, 6.45) is 1.05. The van der Waals surface area contributed by atoms with Gasteiger partial charge in [-0.25, -0.2) is 8.42 Å². The van der Waals surface area contributed by atoms with Gasteiger partial charge >= 0.3 is 0 Å². The average Bonchev–Trinajstić information content (AvgIpc) is 2.61. The van der Waals surface area contributed by atoms with Crippen molar-refractivity contribution in [1.82, 2.24) is 5.32 Å². The molecule has 0 fully saturated rings. The predicted molar refractivity (Wildman–Crippen MR) is 110 cm³/mol. The van der Waals surface area contributed by atoms with Crippen LogP contribution in [0.15, 0.2) is 42.5 Å². The van der Waals surface area contributed by atoms with E-state index in [0.29, 0.717) is 12.1 Å². The maximum absolute atomic E-state index is 11.5. The molecule has 2 rings (SSSR count). The summed E-state index contributed by atoms with van der Waals surface area (Å²) in [5.74, 6) is 0.451. The van der Waals surface area contributed by atoms with Crippen LogP contribution in [0.2, 0.25) is 0 Å². The fraction of sp³-hybridized carbons (Fsp3) is 0.429. The minimum atomic E-state index is -3.28. The number of rotatable bonds is 9. The van der Waals surface area contributed by atoms with Gasteiger partial charge in [0.2, 0.25) is 0 Å². The first-order chi connectivity index (χ1) is 13.0. The van der Waals surface area contributed by atoms with Crippen molar-refractivity contribution in [2.24, 2.45) is 0 Å². The van der Waals surface area contributed by atoms with Crippen molar-refractivity contribution in [3.63, 3.8) is 0 Å². The molecule has 0 heterocycles. The molecular weight excluding hydrogens is 378 g/mol. The lowest BCUT2D eigenvalue weighted by Gasteiger charge is -2.28. The zero-order chi connectivity index (χ0) is 20.9. The van der Waals surface area contributed by atoms with Gasteiger partial charge in [-0.1, -0.05) is 18.2 Å². The third kappa shape index (κ3) is 6.82. The zero-order valence-electron chi connectivity index (χ0n) is 16.8. The maximum Gasteiger partial charge on any atom is 0.151 e. The van der Waals surface area contributed by atoms with E-state index in [2.05, 4.69) is 19.2 Å². The van der Waals surface area contributed by atoms with Crippen LogP contribution in [0.5, 0.6) is 11.5 Å². The number of benzene rings is 2. The van der Waals surface area contributed by atoms with Crippen molar-refractivity contribution >= 4 is 9.84 Å². The average molecular weight is 408 g/mol. The topological polar surface area (TPSA) is 95.9 Å². The molecule has 0 saturated heterocycles. The van der Waals surface area contributed by atoms with Crippen molar-refractivity contribution in [3.8, 4) is 11.5 Å². The number of sulfone groups is 1. The van der Waals surface area contributed by atoms with Gasteiger partial charge in [0.15, 0.2) is 9.84 Å². The summed E-state index contributed by atoms with van der Waals surface area (Å²) in [6, 6.07) is 12.4. The number of phenolic OH excluding ortho intramolecular Hbond substituents is 1. The summed E-state index contributed by atoms with van der Waals surface area (Å²) in [5.41, 5.74) is 1.73. The number of methoxy groups -OCH3 is 1. The molecule has 0 spiro atoms. The lowest BCUT2D eigenvalue weighted by molar-refractivity contribution is 0.160. The van der Waals surface area contributed by atoms with Crippen LogP contribution in [0.4, 0.5) is 0 Å². The number of hydrogen-bond donors (Lipinski definition) is 3. The van der Waals surface area contributed by atoms with E-state index in [1.54, 1.807) is 19.2 Å². The molecule has 0 aromatic heterocycles. The molecule has 0 aliphatic rings. The minimum absolute atomic E-state index is 0.0887. The van der Waals surface area contributed by atoms with E-state index in [0.717, 1.165) is 24.0 Å². The first-order valence-corrected chi connectivity index (χ1v) is 11.1. The third-order valence-electron chi connectivity index (χ3n) is 4.49. The third-order valence-corrected chi connectivity index (χ3v) is 5.32. The fourth-order valence-corrected chi connectivity index (χ4v) is 3.81. The van der Waals surface area contributed by atoms with Crippen molar-refractivity contribution in [2.75, 3.05) is 19.9 Å². The number of phenols is 1. The molecule has 28 heavy (non-hydrogen) atoms. The van der Waals surface area contributed by atoms with Crippen LogP contribution >= 0.6 is 0 Å². The molecule has 0 amide bonds. The summed E-state index contributed by atoms with van der Waals surface area (Å²) in [4.78, 5) is 0. The quantitative estimate of drug-likeness (QED) is 0.591. The Balaban J connectivity index is 2.01. The molecule has 0 radical (unpaired) electrons. The number of aliphatic hydroxyl groups excluding tert-OH is 1. The van der Waals surface area contributed by atoms with Crippen LogP contribution < -0.4 is 10.1 Å². The molecule has 0 aliphatic carbocycles. The van der Waals surface area contributed by atoms with Gasteiger partial charge in [0.25, 0.3) is 0 Å². The van der Waals surface area contributed by atoms with E-state index in [9.17, 15) is 18.6 Å². The Kier molecular flexibility index (Phi) is 7.09. The summed E-state index contributed by atoms with van der Waals surface area (Å²) in [5, 5.41) is 23.7. The van der Waals surface area contributed by atoms with Crippen LogP contribution in [-0.2, 0) is 22.0 Å². The van der Waals surface area contributed by atoms with Crippen LogP contribution in [0.1, 0.15) is 36.6 Å². The van der Waals surface area contributed by atoms with Gasteiger partial charge in [-0.05, 0) is 55.7 Å². The molecule has 2 aromatic carbocycles. The summed E-state index contributed by atoms with van der Waals surface area (Å²) < 4.78 is 28.2. The van der Waals surface area contributed by atoms with Gasteiger partial charge < -0.3 is 20.3 Å². The number of nitrogens with one attached hydrogen (secondary N) is 1. The molecule has 2 aromatic rings. The SMILES string of the molecule is COc1ccc(CC(C)(C)NCC(O)c2ccc(O)c(CS(C)(=O)=O)c2)cc1. The van der Waals surface area contributed by atoms with Gasteiger partial charge in [0.05, 0.1) is 19.0 Å². The van der Waals surface area contributed by atoms with Crippen LogP contribution in [0.25, 0.3) is 0 Å². The van der Waals surface area contributed by atoms with Crippen LogP contribution in [-0.4, -0.2) is 44.1 Å². The Morgan fingerprint density at radius 1 is 1.14 bits per heavy atom. The van der Waals surface area contributed by atoms with Gasteiger partial charge in [-0.15, -0.1) is 0 Å². The lowest BCUT2D eigenvalue weighted by atomic mass is 9.94. The largest absolute Gasteiger partial charge is 0.508 e. The normalized spacial score (nSPS) is 13.3. The molecule has 1 atom stereocenters. The molecule has 0 saturated carbocycles. The molecule has 7 heteroatoms. The Morgan fingerprint density at radius 3 is 2.36 bits per heavy atom. The van der Waals surface area contributed by atoms with E-state index < -0.39 is 15.9 Å². The molecular formula is C21H29NO5S. The Hall–Kier alpha value is -2.09. The van der Waals surface area contributed by atoms with Crippen molar-refractivity contribution in [1.29, 1.82) is 0 Å². The molecule has 154 valence electrons. The van der Waals surface area contributed by atoms with E-state index in [4.69, 9.17) is 4.74 Å². The maximum atomic E-state index is 11.5. The van der Waals surface area contributed by atoms with Crippen molar-refractivity contribution in [2.45, 2.75) is 37.7 Å². The Morgan fingerprint density at radius 2 is 1.79 bits per heavy atom. The van der Waals surface area contributed by atoms with E-state index >= 15 is 0 Å². The second-order valence-electron chi connectivity index (χ2n) is 7.76. The zero-order valence-corrected chi connectivity index (χ0v) is 17.6. The van der Waals surface area contributed by atoms with E-state index in [1.165, 1.54) is 6.07 Å². The first kappa shape index (κ1) is 22.2. The lowest BCUT2D eigenvalue weighted by Crippen LogP contribution is -2.43. The highest BCUT2D eigenvalue weighted by molar-refractivity contribution is 7.89. The monoisotopic (exact) mass is 407 g/mol. The number of aromatic hydroxyl groups is 1. The second-order valence-corrected chi connectivity index (χ2v) is 9.90. The molecule has 0 aliphatic heterocycles. The van der Waals surface area contributed by atoms with Crippen LogP contribution in [0.3, 0.4) is 0 Å². The predicted octanol–water partition coefficient (Wildman–Crippen LogP) is 2.59. The number of hydrogen-bond acceptors (Lipinski definition) is 6. The van der Waals surface area contributed by atoms with Gasteiger partial charge in [-0.3, -0.25) is 0 Å². The van der Waals surface area contributed by atoms with Gasteiger partial charge in [0, 0.05) is 23.9 Å². The van der Waals surface area contributed by atoms with Crippen LogP contribution in [0, 0.1) is 0 Å². The second kappa shape index (κ2) is 8.94. The fourth-order valence-electron chi connectivity index (χ4n) is 3.02. The molecule has 0 bridgehead atoms. The summed E-state index contributed by atoms with van der Waals surface area (Å²) >= 11 is 0. The number of ether oxygens (including phenoxy) is 1. The van der Waals surface area contributed by atoms with Crippen molar-refractivity contribution in [3.05, 3.63) is 59.2 Å². The summed E-state index contributed by atoms with van der Waals surface area (Å²) in [7, 11) is -1.65. The van der Waals surface area contributed by atoms with Gasteiger partial charge in [0.1, 0.15) is 11.5 Å².